The summed E-state index contributed by atoms with van der Waals surface area (Å²) in [5, 5.41) is 0. The molecular weight excluding hydrogens is 240 g/mol. The summed E-state index contributed by atoms with van der Waals surface area (Å²) in [6, 6.07) is 0. The second-order valence-electron chi connectivity index (χ2n) is 5.62. The van der Waals surface area contributed by atoms with E-state index < -0.39 is 0 Å². The van der Waals surface area contributed by atoms with Crippen LogP contribution in [0.3, 0.4) is 0 Å². The van der Waals surface area contributed by atoms with E-state index >= 15 is 0 Å². The second-order valence-corrected chi connectivity index (χ2v) is 5.62. The van der Waals surface area contributed by atoms with Gasteiger partial charge in [0.25, 0.3) is 0 Å². The highest BCUT2D eigenvalue weighted by atomic mass is 16.2. The van der Waals surface area contributed by atoms with Gasteiger partial charge in [-0.15, -0.1) is 0 Å². The topological polar surface area (TPSA) is 63.4 Å². The Morgan fingerprint density at radius 2 is 1.74 bits per heavy atom. The van der Waals surface area contributed by atoms with Crippen molar-refractivity contribution in [2.45, 2.75) is 64.7 Å². The molecule has 110 valence electrons. The van der Waals surface area contributed by atoms with E-state index in [0.717, 1.165) is 13.0 Å². The van der Waals surface area contributed by atoms with Gasteiger partial charge in [0.15, 0.2) is 0 Å². The van der Waals surface area contributed by atoms with Gasteiger partial charge in [0, 0.05) is 19.5 Å². The normalized spacial score (nSPS) is 19.1. The average Bonchev–Trinajstić information content (AvgIpc) is 2.74. The minimum atomic E-state index is -0.341. The van der Waals surface area contributed by atoms with Gasteiger partial charge in [0.2, 0.25) is 11.8 Å². The summed E-state index contributed by atoms with van der Waals surface area (Å²) >= 11 is 0. The Morgan fingerprint density at radius 3 is 2.26 bits per heavy atom. The Kier molecular flexibility index (Phi) is 7.53. The molecule has 0 aliphatic carbocycles. The van der Waals surface area contributed by atoms with Crippen LogP contribution in [0.15, 0.2) is 0 Å². The number of carbonyl (C=O) groups excluding carboxylic acids is 2. The summed E-state index contributed by atoms with van der Waals surface area (Å²) in [4.78, 5) is 24.5. The fourth-order valence-corrected chi connectivity index (χ4v) is 2.62. The van der Waals surface area contributed by atoms with Gasteiger partial charge in [0.1, 0.15) is 0 Å². The van der Waals surface area contributed by atoms with Crippen molar-refractivity contribution in [3.05, 3.63) is 0 Å². The number of hydrogen-bond acceptors (Lipinski definition) is 2. The lowest BCUT2D eigenvalue weighted by molar-refractivity contribution is -0.128. The molecule has 0 aromatic rings. The zero-order valence-corrected chi connectivity index (χ0v) is 12.2. The van der Waals surface area contributed by atoms with Gasteiger partial charge in [-0.2, -0.15) is 0 Å². The Morgan fingerprint density at radius 1 is 1.16 bits per heavy atom. The van der Waals surface area contributed by atoms with Gasteiger partial charge in [-0.1, -0.05) is 51.9 Å². The summed E-state index contributed by atoms with van der Waals surface area (Å²) in [6.07, 6.45) is 10.4. The predicted molar refractivity (Wildman–Crippen MR) is 76.5 cm³/mol. The predicted octanol–water partition coefficient (Wildman–Crippen LogP) is 2.46. The number of amides is 2. The molecule has 1 rings (SSSR count). The molecule has 4 nitrogen and oxygen atoms in total. The molecule has 1 saturated heterocycles. The highest BCUT2D eigenvalue weighted by Gasteiger charge is 2.32. The quantitative estimate of drug-likeness (QED) is 0.619. The summed E-state index contributed by atoms with van der Waals surface area (Å²) in [7, 11) is 0. The van der Waals surface area contributed by atoms with Crippen LogP contribution in [0.2, 0.25) is 0 Å². The van der Waals surface area contributed by atoms with Crippen molar-refractivity contribution >= 4 is 11.8 Å². The fourth-order valence-electron chi connectivity index (χ4n) is 2.62. The molecule has 0 saturated carbocycles. The van der Waals surface area contributed by atoms with Crippen LogP contribution in [0.4, 0.5) is 0 Å². The molecule has 0 aromatic heterocycles. The summed E-state index contributed by atoms with van der Waals surface area (Å²) in [5.74, 6) is -0.514. The summed E-state index contributed by atoms with van der Waals surface area (Å²) in [5.41, 5.74) is 5.24. The van der Waals surface area contributed by atoms with Crippen LogP contribution in [0.5, 0.6) is 0 Å². The number of carbonyl (C=O) groups is 2. The van der Waals surface area contributed by atoms with E-state index in [0.29, 0.717) is 13.0 Å². The molecule has 0 aromatic carbocycles. The molecule has 0 bridgehead atoms. The molecule has 4 heteroatoms. The molecule has 1 unspecified atom stereocenters. The lowest BCUT2D eigenvalue weighted by atomic mass is 10.1. The minimum Gasteiger partial charge on any atom is -0.369 e. The van der Waals surface area contributed by atoms with Crippen LogP contribution in [0.25, 0.3) is 0 Å². The summed E-state index contributed by atoms with van der Waals surface area (Å²) in [6.45, 7) is 3.55. The van der Waals surface area contributed by atoms with Crippen LogP contribution in [-0.2, 0) is 9.59 Å². The van der Waals surface area contributed by atoms with Crippen LogP contribution in [0.1, 0.15) is 64.7 Å². The van der Waals surface area contributed by atoms with Crippen molar-refractivity contribution in [1.29, 1.82) is 0 Å². The van der Waals surface area contributed by atoms with Crippen LogP contribution in [-0.4, -0.2) is 29.8 Å². The SMILES string of the molecule is CCCCCCCCCCN1CC(C(N)=O)CC1=O. The van der Waals surface area contributed by atoms with Crippen molar-refractivity contribution < 1.29 is 9.59 Å². The number of nitrogens with zero attached hydrogens (tertiary/aromatic N) is 1. The molecule has 1 atom stereocenters. The Bertz CT molecular complexity index is 292. The van der Waals surface area contributed by atoms with E-state index in [1.807, 2.05) is 0 Å². The molecule has 1 aliphatic heterocycles. The van der Waals surface area contributed by atoms with Crippen molar-refractivity contribution in [3.8, 4) is 0 Å². The van der Waals surface area contributed by atoms with Crippen LogP contribution < -0.4 is 5.73 Å². The van der Waals surface area contributed by atoms with E-state index in [-0.39, 0.29) is 17.7 Å². The first-order chi connectivity index (χ1) is 9.15. The van der Waals surface area contributed by atoms with Gasteiger partial charge in [-0.3, -0.25) is 9.59 Å². The van der Waals surface area contributed by atoms with E-state index in [1.165, 1.54) is 44.9 Å². The van der Waals surface area contributed by atoms with Crippen molar-refractivity contribution in [2.75, 3.05) is 13.1 Å². The second kappa shape index (κ2) is 8.94. The third kappa shape index (κ3) is 6.08. The van der Waals surface area contributed by atoms with Crippen LogP contribution >= 0.6 is 0 Å². The van der Waals surface area contributed by atoms with Gasteiger partial charge >= 0.3 is 0 Å². The van der Waals surface area contributed by atoms with Gasteiger partial charge < -0.3 is 10.6 Å². The maximum absolute atomic E-state index is 11.6. The third-order valence-electron chi connectivity index (χ3n) is 3.90. The van der Waals surface area contributed by atoms with Crippen LogP contribution in [0, 0.1) is 5.92 Å². The number of nitrogens with two attached hydrogens (primary N) is 1. The zero-order chi connectivity index (χ0) is 14.1. The Labute approximate surface area is 116 Å². The molecule has 0 radical (unpaired) electrons. The molecule has 0 spiro atoms. The molecule has 2 N–H and O–H groups in total. The third-order valence-corrected chi connectivity index (χ3v) is 3.90. The number of likely N-dealkylation sites (tertiary alicyclic amines) is 1. The van der Waals surface area contributed by atoms with E-state index in [2.05, 4.69) is 6.92 Å². The molecule has 2 amide bonds. The Balaban J connectivity index is 2.01. The standard InChI is InChI=1S/C15H28N2O2/c1-2-3-4-5-6-7-8-9-10-17-12-13(15(16)19)11-14(17)18/h13H,2-12H2,1H3,(H2,16,19). The number of rotatable bonds is 10. The fraction of sp³-hybridized carbons (Fsp3) is 0.867. The average molecular weight is 268 g/mol. The van der Waals surface area contributed by atoms with E-state index in [1.54, 1.807) is 4.90 Å². The first-order valence-corrected chi connectivity index (χ1v) is 7.72. The molecule has 1 heterocycles. The Hall–Kier alpha value is -1.06. The lowest BCUT2D eigenvalue weighted by Gasteiger charge is -2.15. The van der Waals surface area contributed by atoms with E-state index in [9.17, 15) is 9.59 Å². The molecule has 19 heavy (non-hydrogen) atoms. The number of primary amides is 1. The maximum Gasteiger partial charge on any atom is 0.223 e. The van der Waals surface area contributed by atoms with Crippen molar-refractivity contribution in [1.82, 2.24) is 4.90 Å². The lowest BCUT2D eigenvalue weighted by Crippen LogP contribution is -2.29. The summed E-state index contributed by atoms with van der Waals surface area (Å²) < 4.78 is 0. The smallest absolute Gasteiger partial charge is 0.223 e. The maximum atomic E-state index is 11.6. The first-order valence-electron chi connectivity index (χ1n) is 7.72. The van der Waals surface area contributed by atoms with Crippen molar-refractivity contribution in [2.24, 2.45) is 11.7 Å². The van der Waals surface area contributed by atoms with Gasteiger partial charge in [-0.05, 0) is 6.42 Å². The molecule has 1 fully saturated rings. The first kappa shape index (κ1) is 16.0. The highest BCUT2D eigenvalue weighted by Crippen LogP contribution is 2.18. The number of unbranched alkanes of at least 4 members (excludes halogenated alkanes) is 7. The zero-order valence-electron chi connectivity index (χ0n) is 12.2. The van der Waals surface area contributed by atoms with Crippen molar-refractivity contribution in [3.63, 3.8) is 0 Å². The highest BCUT2D eigenvalue weighted by molar-refractivity contribution is 5.88. The number of hydrogen-bond donors (Lipinski definition) is 1. The molecule has 1 aliphatic rings. The monoisotopic (exact) mass is 268 g/mol. The largest absolute Gasteiger partial charge is 0.369 e. The van der Waals surface area contributed by atoms with Gasteiger partial charge in [-0.25, -0.2) is 0 Å². The van der Waals surface area contributed by atoms with E-state index in [4.69, 9.17) is 5.73 Å². The minimum absolute atomic E-state index is 0.0896. The van der Waals surface area contributed by atoms with Gasteiger partial charge in [0.05, 0.1) is 5.92 Å². The molecular formula is C15H28N2O2.